The molecule has 0 unspecified atom stereocenters. The molecule has 0 atom stereocenters. The molecule has 2 fully saturated rings. The maximum absolute atomic E-state index is 12.2. The highest BCUT2D eigenvalue weighted by molar-refractivity contribution is 5.76. The number of carbonyl (C=O) groups excluding carboxylic acids is 1. The maximum Gasteiger partial charge on any atom is 0.222 e. The van der Waals surface area contributed by atoms with Crippen LogP contribution in [0.1, 0.15) is 56.1 Å². The van der Waals surface area contributed by atoms with Gasteiger partial charge in [-0.3, -0.25) is 9.69 Å². The summed E-state index contributed by atoms with van der Waals surface area (Å²) in [7, 11) is 1.66. The minimum atomic E-state index is -0.797. The topological polar surface area (TPSA) is 71.5 Å². The number of ether oxygens (including phenoxy) is 3. The van der Waals surface area contributed by atoms with Gasteiger partial charge < -0.3 is 24.2 Å². The van der Waals surface area contributed by atoms with Crippen LogP contribution in [0.15, 0.2) is 42.5 Å². The second-order valence-corrected chi connectivity index (χ2v) is 10.5. The molecule has 0 aromatic heterocycles. The lowest BCUT2D eigenvalue weighted by molar-refractivity contribution is -0.130. The smallest absolute Gasteiger partial charge is 0.222 e. The molecule has 202 valence electrons. The van der Waals surface area contributed by atoms with Crippen molar-refractivity contribution < 1.29 is 24.1 Å². The summed E-state index contributed by atoms with van der Waals surface area (Å²) in [5.74, 6) is 2.53. The van der Waals surface area contributed by atoms with Crippen LogP contribution >= 0.6 is 0 Å². The molecule has 37 heavy (non-hydrogen) atoms. The van der Waals surface area contributed by atoms with E-state index in [4.69, 9.17) is 14.2 Å². The molecular weight excluding hydrogens is 468 g/mol. The third-order valence-electron chi connectivity index (χ3n) is 7.45. The van der Waals surface area contributed by atoms with Crippen molar-refractivity contribution in [3.8, 4) is 17.2 Å². The van der Waals surface area contributed by atoms with Gasteiger partial charge in [-0.2, -0.15) is 0 Å². The van der Waals surface area contributed by atoms with E-state index in [0.717, 1.165) is 81.2 Å². The molecule has 1 amide bonds. The quantitative estimate of drug-likeness (QED) is 0.446. The highest BCUT2D eigenvalue weighted by Gasteiger charge is 2.33. The van der Waals surface area contributed by atoms with Gasteiger partial charge in [0.1, 0.15) is 18.0 Å². The Bertz CT molecular complexity index is 1000. The minimum Gasteiger partial charge on any atom is -0.493 e. The van der Waals surface area contributed by atoms with Gasteiger partial charge in [0.15, 0.2) is 11.5 Å². The second kappa shape index (κ2) is 13.2. The van der Waals surface area contributed by atoms with Crippen molar-refractivity contribution in [1.82, 2.24) is 9.80 Å². The van der Waals surface area contributed by atoms with Crippen molar-refractivity contribution in [2.75, 3.05) is 46.5 Å². The SMILES string of the molecule is COc1cc(CN2CCC(O)(COc3ccc(C)cc3)CC2)ccc1OCCCN1CCCCCC1=O. The van der Waals surface area contributed by atoms with Crippen LogP contribution in [0, 0.1) is 6.92 Å². The molecule has 0 aliphatic carbocycles. The van der Waals surface area contributed by atoms with Crippen molar-refractivity contribution >= 4 is 5.91 Å². The first-order chi connectivity index (χ1) is 17.9. The average Bonchev–Trinajstić information content (AvgIpc) is 3.12. The highest BCUT2D eigenvalue weighted by atomic mass is 16.5. The fourth-order valence-electron chi connectivity index (χ4n) is 5.02. The Morgan fingerprint density at radius 1 is 0.946 bits per heavy atom. The molecule has 0 saturated carbocycles. The number of hydrogen-bond acceptors (Lipinski definition) is 6. The number of methoxy groups -OCH3 is 1. The molecule has 4 rings (SSSR count). The largest absolute Gasteiger partial charge is 0.493 e. The molecular formula is C30H42N2O5. The standard InChI is InChI=1S/C30H42N2O5/c1-24-8-11-26(12-9-24)37-23-30(34)14-18-31(19-15-30)22-25-10-13-27(28(21-25)35-2)36-20-6-17-32-16-5-3-4-7-29(32)33/h8-13,21,34H,3-7,14-20,22-23H2,1-2H3. The molecule has 1 N–H and O–H groups in total. The van der Waals surface area contributed by atoms with Crippen LogP contribution in [0.4, 0.5) is 0 Å². The van der Waals surface area contributed by atoms with Gasteiger partial charge in [-0.1, -0.05) is 30.2 Å². The van der Waals surface area contributed by atoms with Crippen LogP contribution in [0.3, 0.4) is 0 Å². The normalized spacial score (nSPS) is 18.4. The molecule has 2 heterocycles. The number of aryl methyl sites for hydroxylation is 1. The lowest BCUT2D eigenvalue weighted by Gasteiger charge is -2.38. The van der Waals surface area contributed by atoms with Gasteiger partial charge in [0.25, 0.3) is 0 Å². The predicted molar refractivity (Wildman–Crippen MR) is 144 cm³/mol. The van der Waals surface area contributed by atoms with Crippen LogP contribution in [0.5, 0.6) is 17.2 Å². The van der Waals surface area contributed by atoms with Gasteiger partial charge in [-0.05, 0) is 68.9 Å². The zero-order valence-corrected chi connectivity index (χ0v) is 22.4. The number of likely N-dealkylation sites (tertiary alicyclic amines) is 2. The second-order valence-electron chi connectivity index (χ2n) is 10.5. The Morgan fingerprint density at radius 2 is 1.73 bits per heavy atom. The van der Waals surface area contributed by atoms with Gasteiger partial charge in [0, 0.05) is 39.1 Å². The van der Waals surface area contributed by atoms with Crippen LogP contribution < -0.4 is 14.2 Å². The number of rotatable bonds is 11. The summed E-state index contributed by atoms with van der Waals surface area (Å²) in [4.78, 5) is 16.5. The Hall–Kier alpha value is -2.77. The van der Waals surface area contributed by atoms with E-state index >= 15 is 0 Å². The van der Waals surface area contributed by atoms with Gasteiger partial charge in [0.05, 0.1) is 13.7 Å². The highest BCUT2D eigenvalue weighted by Crippen LogP contribution is 2.30. The summed E-state index contributed by atoms with van der Waals surface area (Å²) in [6, 6.07) is 14.0. The molecule has 2 aliphatic rings. The van der Waals surface area contributed by atoms with E-state index in [2.05, 4.69) is 11.0 Å². The summed E-state index contributed by atoms with van der Waals surface area (Å²) in [5.41, 5.74) is 1.55. The molecule has 0 radical (unpaired) electrons. The van der Waals surface area contributed by atoms with Gasteiger partial charge in [0.2, 0.25) is 5.91 Å². The number of amides is 1. The van der Waals surface area contributed by atoms with Crippen molar-refractivity contribution in [3.05, 3.63) is 53.6 Å². The van der Waals surface area contributed by atoms with Crippen LogP contribution in [0.2, 0.25) is 0 Å². The summed E-state index contributed by atoms with van der Waals surface area (Å²) >= 11 is 0. The van der Waals surface area contributed by atoms with Crippen molar-refractivity contribution in [1.29, 1.82) is 0 Å². The van der Waals surface area contributed by atoms with Crippen LogP contribution in [-0.4, -0.2) is 72.9 Å². The predicted octanol–water partition coefficient (Wildman–Crippen LogP) is 4.58. The fraction of sp³-hybridized carbons (Fsp3) is 0.567. The summed E-state index contributed by atoms with van der Waals surface area (Å²) < 4.78 is 17.5. The molecule has 2 saturated heterocycles. The summed E-state index contributed by atoms with van der Waals surface area (Å²) in [6.45, 7) is 6.94. The fourth-order valence-corrected chi connectivity index (χ4v) is 5.02. The molecule has 2 aromatic rings. The van der Waals surface area contributed by atoms with E-state index in [-0.39, 0.29) is 5.91 Å². The third-order valence-corrected chi connectivity index (χ3v) is 7.45. The van der Waals surface area contributed by atoms with E-state index in [9.17, 15) is 9.90 Å². The Balaban J connectivity index is 1.21. The first kappa shape index (κ1) is 27.3. The van der Waals surface area contributed by atoms with E-state index < -0.39 is 5.60 Å². The number of hydrogen-bond donors (Lipinski definition) is 1. The summed E-state index contributed by atoms with van der Waals surface area (Å²) in [5, 5.41) is 11.0. The monoisotopic (exact) mass is 510 g/mol. The molecule has 0 bridgehead atoms. The third kappa shape index (κ3) is 8.11. The lowest BCUT2D eigenvalue weighted by atomic mass is 9.92. The molecule has 0 spiro atoms. The number of aliphatic hydroxyl groups is 1. The molecule has 7 nitrogen and oxygen atoms in total. The Labute approximate surface area is 221 Å². The maximum atomic E-state index is 12.2. The Morgan fingerprint density at radius 3 is 2.49 bits per heavy atom. The van der Waals surface area contributed by atoms with E-state index in [1.165, 1.54) is 5.56 Å². The number of piperidine rings is 1. The number of carbonyl (C=O) groups is 1. The van der Waals surface area contributed by atoms with Crippen LogP contribution in [0.25, 0.3) is 0 Å². The number of benzene rings is 2. The lowest BCUT2D eigenvalue weighted by Crippen LogP contribution is -2.47. The molecule has 2 aliphatic heterocycles. The summed E-state index contributed by atoms with van der Waals surface area (Å²) in [6.07, 6.45) is 6.08. The van der Waals surface area contributed by atoms with Gasteiger partial charge in [-0.15, -0.1) is 0 Å². The van der Waals surface area contributed by atoms with E-state index in [1.807, 2.05) is 48.2 Å². The zero-order valence-electron chi connectivity index (χ0n) is 22.4. The number of nitrogens with zero attached hydrogens (tertiary/aromatic N) is 2. The molecule has 7 heteroatoms. The van der Waals surface area contributed by atoms with E-state index in [0.29, 0.717) is 32.5 Å². The zero-order chi connectivity index (χ0) is 26.1. The minimum absolute atomic E-state index is 0.273. The molecule has 2 aromatic carbocycles. The Kier molecular flexibility index (Phi) is 9.69. The first-order valence-corrected chi connectivity index (χ1v) is 13.7. The van der Waals surface area contributed by atoms with Gasteiger partial charge >= 0.3 is 0 Å². The van der Waals surface area contributed by atoms with Crippen LogP contribution in [-0.2, 0) is 11.3 Å². The van der Waals surface area contributed by atoms with Gasteiger partial charge in [-0.25, -0.2) is 0 Å². The van der Waals surface area contributed by atoms with Crippen molar-refractivity contribution in [3.63, 3.8) is 0 Å². The van der Waals surface area contributed by atoms with Crippen molar-refractivity contribution in [2.45, 2.75) is 64.0 Å². The van der Waals surface area contributed by atoms with E-state index in [1.54, 1.807) is 7.11 Å². The first-order valence-electron chi connectivity index (χ1n) is 13.7. The average molecular weight is 511 g/mol. The van der Waals surface area contributed by atoms with Crippen molar-refractivity contribution in [2.24, 2.45) is 0 Å².